The summed E-state index contributed by atoms with van der Waals surface area (Å²) >= 11 is 0. The molecule has 0 radical (unpaired) electrons. The molecule has 3 rings (SSSR count). The number of anilines is 2. The number of fused-ring (bicyclic) bond motifs is 1. The van der Waals surface area contributed by atoms with Gasteiger partial charge in [-0.3, -0.25) is 4.98 Å². The molecular weight excluding hydrogens is 451 g/mol. The summed E-state index contributed by atoms with van der Waals surface area (Å²) in [6.45, 7) is 6.06. The van der Waals surface area contributed by atoms with Gasteiger partial charge in [-0.05, 0) is 48.9 Å². The summed E-state index contributed by atoms with van der Waals surface area (Å²) in [6, 6.07) is 18.5. The molecular formula is C19H23N2Pt-. The molecule has 0 saturated carbocycles. The van der Waals surface area contributed by atoms with Gasteiger partial charge < -0.3 is 12.7 Å². The SMILES string of the molecule is CC.Cc1cnc2ccc(Nc3ccccc3)cc2c1.[CH3-].[Pt]. The molecule has 0 fully saturated rings. The van der Waals surface area contributed by atoms with Gasteiger partial charge in [0.1, 0.15) is 0 Å². The Morgan fingerprint density at radius 2 is 1.55 bits per heavy atom. The van der Waals surface area contributed by atoms with Crippen LogP contribution in [0.15, 0.2) is 60.8 Å². The predicted molar refractivity (Wildman–Crippen MR) is 94.0 cm³/mol. The third kappa shape index (κ3) is 5.27. The minimum Gasteiger partial charge on any atom is -0.358 e. The van der Waals surface area contributed by atoms with Crippen molar-refractivity contribution in [2.24, 2.45) is 0 Å². The van der Waals surface area contributed by atoms with Crippen molar-refractivity contribution in [2.45, 2.75) is 20.8 Å². The maximum Gasteiger partial charge on any atom is 0.0703 e. The fraction of sp³-hybridized carbons (Fsp3) is 0.158. The number of para-hydroxylation sites is 1. The number of nitrogens with zero attached hydrogens (tertiary/aromatic N) is 1. The Balaban J connectivity index is 0.00000106. The second-order valence-corrected chi connectivity index (χ2v) is 4.41. The van der Waals surface area contributed by atoms with Gasteiger partial charge in [-0.1, -0.05) is 32.0 Å². The Hall–Kier alpha value is -1.66. The first-order valence-corrected chi connectivity index (χ1v) is 7.00. The van der Waals surface area contributed by atoms with Crippen LogP contribution in [-0.2, 0) is 21.1 Å². The molecule has 0 atom stereocenters. The van der Waals surface area contributed by atoms with E-state index in [1.807, 2.05) is 44.3 Å². The molecule has 3 heteroatoms. The van der Waals surface area contributed by atoms with Crippen molar-refractivity contribution in [1.82, 2.24) is 4.98 Å². The molecule has 1 aromatic heterocycles. The van der Waals surface area contributed by atoms with Crippen LogP contribution in [0.25, 0.3) is 10.9 Å². The third-order valence-corrected chi connectivity index (χ3v) is 2.88. The molecule has 2 nitrogen and oxygen atoms in total. The molecule has 0 saturated heterocycles. The van der Waals surface area contributed by atoms with Gasteiger partial charge in [0.05, 0.1) is 5.52 Å². The van der Waals surface area contributed by atoms with Gasteiger partial charge in [-0.2, -0.15) is 0 Å². The Morgan fingerprint density at radius 1 is 0.864 bits per heavy atom. The molecule has 0 spiro atoms. The molecule has 22 heavy (non-hydrogen) atoms. The van der Waals surface area contributed by atoms with Crippen molar-refractivity contribution in [1.29, 1.82) is 0 Å². The second kappa shape index (κ2) is 10.1. The summed E-state index contributed by atoms with van der Waals surface area (Å²) in [5.74, 6) is 0. The fourth-order valence-corrected chi connectivity index (χ4v) is 2.01. The number of hydrogen-bond acceptors (Lipinski definition) is 2. The van der Waals surface area contributed by atoms with Gasteiger partial charge in [-0.25, -0.2) is 0 Å². The van der Waals surface area contributed by atoms with Crippen LogP contribution in [-0.4, -0.2) is 4.98 Å². The van der Waals surface area contributed by atoms with Crippen LogP contribution < -0.4 is 5.32 Å². The summed E-state index contributed by atoms with van der Waals surface area (Å²) in [4.78, 5) is 4.40. The van der Waals surface area contributed by atoms with E-state index in [4.69, 9.17) is 0 Å². The van der Waals surface area contributed by atoms with Crippen LogP contribution in [0, 0.1) is 14.4 Å². The van der Waals surface area contributed by atoms with Crippen LogP contribution in [0.4, 0.5) is 11.4 Å². The largest absolute Gasteiger partial charge is 0.358 e. The van der Waals surface area contributed by atoms with Crippen LogP contribution in [0.1, 0.15) is 19.4 Å². The molecule has 1 heterocycles. The van der Waals surface area contributed by atoms with Gasteiger partial charge in [-0.15, -0.1) is 0 Å². The van der Waals surface area contributed by atoms with Crippen molar-refractivity contribution < 1.29 is 21.1 Å². The normalized spacial score (nSPS) is 8.86. The zero-order chi connectivity index (χ0) is 14.4. The summed E-state index contributed by atoms with van der Waals surface area (Å²) in [6.07, 6.45) is 1.90. The first kappa shape index (κ1) is 20.3. The van der Waals surface area contributed by atoms with E-state index in [9.17, 15) is 0 Å². The Labute approximate surface area is 148 Å². The molecule has 0 bridgehead atoms. The number of pyridine rings is 1. The molecule has 0 amide bonds. The first-order valence-electron chi connectivity index (χ1n) is 7.00. The van der Waals surface area contributed by atoms with Gasteiger partial charge in [0.2, 0.25) is 0 Å². The van der Waals surface area contributed by atoms with E-state index in [-0.39, 0.29) is 28.5 Å². The zero-order valence-electron chi connectivity index (χ0n) is 13.5. The Bertz CT molecular complexity index is 681. The Morgan fingerprint density at radius 3 is 2.23 bits per heavy atom. The van der Waals surface area contributed by atoms with Crippen LogP contribution in [0.5, 0.6) is 0 Å². The maximum absolute atomic E-state index is 4.40. The molecule has 0 aliphatic carbocycles. The summed E-state index contributed by atoms with van der Waals surface area (Å²) in [5.41, 5.74) is 4.39. The van der Waals surface area contributed by atoms with Gasteiger partial charge in [0.25, 0.3) is 0 Å². The van der Waals surface area contributed by atoms with E-state index in [0.29, 0.717) is 0 Å². The molecule has 2 aromatic carbocycles. The van der Waals surface area contributed by atoms with Gasteiger partial charge in [0.15, 0.2) is 0 Å². The van der Waals surface area contributed by atoms with Crippen molar-refractivity contribution in [3.8, 4) is 0 Å². The second-order valence-electron chi connectivity index (χ2n) is 4.41. The summed E-state index contributed by atoms with van der Waals surface area (Å²) in [5, 5.41) is 4.55. The monoisotopic (exact) mass is 474 g/mol. The quantitative estimate of drug-likeness (QED) is 0.478. The van der Waals surface area contributed by atoms with Crippen LogP contribution in [0.3, 0.4) is 0 Å². The summed E-state index contributed by atoms with van der Waals surface area (Å²) < 4.78 is 0. The van der Waals surface area contributed by atoms with E-state index < -0.39 is 0 Å². The third-order valence-electron chi connectivity index (χ3n) is 2.88. The average Bonchev–Trinajstić information content (AvgIpc) is 2.50. The number of hydrogen-bond donors (Lipinski definition) is 1. The molecule has 0 aliphatic rings. The topological polar surface area (TPSA) is 24.9 Å². The summed E-state index contributed by atoms with van der Waals surface area (Å²) in [7, 11) is 0. The number of aryl methyl sites for hydroxylation is 1. The van der Waals surface area contributed by atoms with Crippen LogP contribution in [0.2, 0.25) is 0 Å². The number of benzene rings is 2. The van der Waals surface area contributed by atoms with E-state index in [2.05, 4.69) is 47.6 Å². The first-order chi connectivity index (χ1) is 9.81. The minimum absolute atomic E-state index is 0. The van der Waals surface area contributed by atoms with Crippen molar-refractivity contribution >= 4 is 22.3 Å². The zero-order valence-corrected chi connectivity index (χ0v) is 15.8. The fourth-order valence-electron chi connectivity index (χ4n) is 2.01. The maximum atomic E-state index is 4.40. The van der Waals surface area contributed by atoms with Crippen molar-refractivity contribution in [3.63, 3.8) is 0 Å². The number of rotatable bonds is 2. The number of nitrogens with one attached hydrogen (secondary N) is 1. The standard InChI is InChI=1S/C16H14N2.C2H6.CH3.Pt/c1-12-9-13-10-15(7-8-16(13)17-11-12)18-14-5-3-2-4-6-14;1-2;;/h2-11,18H,1H3;1-2H3;1H3;/q;;-1;. The van der Waals surface area contributed by atoms with E-state index >= 15 is 0 Å². The molecule has 1 N–H and O–H groups in total. The molecule has 120 valence electrons. The average molecular weight is 474 g/mol. The molecule has 3 aromatic rings. The predicted octanol–water partition coefficient (Wildman–Crippen LogP) is 5.76. The molecule has 0 aliphatic heterocycles. The van der Waals surface area contributed by atoms with Crippen molar-refractivity contribution in [3.05, 3.63) is 73.8 Å². The van der Waals surface area contributed by atoms with Crippen LogP contribution >= 0.6 is 0 Å². The van der Waals surface area contributed by atoms with E-state index in [0.717, 1.165) is 22.3 Å². The number of aromatic nitrogens is 1. The smallest absolute Gasteiger partial charge is 0.0703 e. The Kier molecular flexibility index (Phi) is 9.36. The van der Waals surface area contributed by atoms with Gasteiger partial charge >= 0.3 is 0 Å². The minimum atomic E-state index is 0. The van der Waals surface area contributed by atoms with E-state index in [1.54, 1.807) is 0 Å². The van der Waals surface area contributed by atoms with Gasteiger partial charge in [0, 0.05) is 44.0 Å². The van der Waals surface area contributed by atoms with Crippen molar-refractivity contribution in [2.75, 3.05) is 5.32 Å². The molecule has 0 unspecified atom stereocenters. The van der Waals surface area contributed by atoms with E-state index in [1.165, 1.54) is 5.56 Å².